The van der Waals surface area contributed by atoms with E-state index in [9.17, 15) is 15.3 Å². The fourth-order valence-electron chi connectivity index (χ4n) is 7.73. The molecule has 3 N–H and O–H groups in total. The van der Waals surface area contributed by atoms with Crippen LogP contribution in [0.3, 0.4) is 0 Å². The molecule has 0 aromatic rings. The van der Waals surface area contributed by atoms with E-state index < -0.39 is 12.2 Å². The van der Waals surface area contributed by atoms with Crippen molar-refractivity contribution in [3.63, 3.8) is 0 Å². The Hall–Kier alpha value is -0.380. The van der Waals surface area contributed by atoms with Crippen LogP contribution in [0, 0.1) is 34.0 Å². The van der Waals surface area contributed by atoms with Crippen molar-refractivity contribution in [3.8, 4) is 0 Å². The summed E-state index contributed by atoms with van der Waals surface area (Å²) in [5.74, 6) is 1.33. The number of aliphatic hydroxyl groups excluding tert-OH is 3. The van der Waals surface area contributed by atoms with E-state index in [-0.39, 0.29) is 22.3 Å². The number of fused-ring (bicyclic) bond motifs is 3. The van der Waals surface area contributed by atoms with E-state index in [1.807, 2.05) is 0 Å². The lowest BCUT2D eigenvalue weighted by Crippen LogP contribution is -2.64. The van der Waals surface area contributed by atoms with E-state index in [1.54, 1.807) is 0 Å². The van der Waals surface area contributed by atoms with E-state index in [2.05, 4.69) is 27.4 Å². The molecule has 1 spiro atoms. The molecule has 3 heteroatoms. The van der Waals surface area contributed by atoms with Crippen molar-refractivity contribution in [3.05, 3.63) is 12.2 Å². The minimum Gasteiger partial charge on any atom is -0.390 e. The Morgan fingerprint density at radius 3 is 2.35 bits per heavy atom. The monoisotopic (exact) mass is 320 g/mol. The number of hydrogen-bond acceptors (Lipinski definition) is 3. The second-order valence-electron chi connectivity index (χ2n) is 9.88. The molecular weight excluding hydrogens is 288 g/mol. The first kappa shape index (κ1) is 16.1. The summed E-state index contributed by atoms with van der Waals surface area (Å²) in [5.41, 5.74) is 0.761. The fourth-order valence-corrected chi connectivity index (χ4v) is 7.73. The average Bonchev–Trinajstić information content (AvgIpc) is 2.66. The highest BCUT2D eigenvalue weighted by molar-refractivity contribution is 5.27. The third kappa shape index (κ3) is 1.77. The third-order valence-corrected chi connectivity index (χ3v) is 8.71. The molecule has 0 saturated heterocycles. The smallest absolute Gasteiger partial charge is 0.0852 e. The zero-order valence-electron chi connectivity index (χ0n) is 14.8. The van der Waals surface area contributed by atoms with Crippen molar-refractivity contribution in [1.29, 1.82) is 0 Å². The zero-order chi connectivity index (χ0) is 16.8. The number of rotatable bonds is 0. The van der Waals surface area contributed by atoms with Crippen molar-refractivity contribution in [1.82, 2.24) is 0 Å². The summed E-state index contributed by atoms with van der Waals surface area (Å²) in [5, 5.41) is 32.1. The van der Waals surface area contributed by atoms with Gasteiger partial charge in [-0.2, -0.15) is 0 Å². The molecule has 4 fully saturated rings. The highest BCUT2D eigenvalue weighted by atomic mass is 16.3. The number of aliphatic hydroxyl groups is 3. The maximum Gasteiger partial charge on any atom is 0.0852 e. The van der Waals surface area contributed by atoms with Gasteiger partial charge in [-0.25, -0.2) is 0 Å². The Kier molecular flexibility index (Phi) is 3.23. The minimum atomic E-state index is -0.652. The highest BCUT2D eigenvalue weighted by Crippen LogP contribution is 2.71. The molecule has 8 atom stereocenters. The molecule has 0 aromatic heterocycles. The maximum atomic E-state index is 11.0. The molecule has 130 valence electrons. The molecule has 4 saturated carbocycles. The second-order valence-corrected chi connectivity index (χ2v) is 9.88. The van der Waals surface area contributed by atoms with E-state index >= 15 is 0 Å². The van der Waals surface area contributed by atoms with E-state index in [0.29, 0.717) is 24.2 Å². The van der Waals surface area contributed by atoms with Crippen LogP contribution in [0.5, 0.6) is 0 Å². The van der Waals surface area contributed by atoms with Crippen LogP contribution in [0.1, 0.15) is 59.3 Å². The normalized spacial score (nSPS) is 57.7. The first-order chi connectivity index (χ1) is 10.6. The Labute approximate surface area is 139 Å². The second kappa shape index (κ2) is 4.62. The van der Waals surface area contributed by atoms with Gasteiger partial charge in [0.15, 0.2) is 0 Å². The molecule has 0 radical (unpaired) electrons. The molecule has 0 amide bonds. The zero-order valence-corrected chi connectivity index (χ0v) is 14.8. The Morgan fingerprint density at radius 1 is 0.957 bits per heavy atom. The summed E-state index contributed by atoms with van der Waals surface area (Å²) in [6, 6.07) is 0. The fraction of sp³-hybridized carbons (Fsp3) is 0.900. The molecule has 4 rings (SSSR count). The van der Waals surface area contributed by atoms with Crippen molar-refractivity contribution in [2.45, 2.75) is 77.6 Å². The lowest BCUT2D eigenvalue weighted by Gasteiger charge is -2.65. The maximum absolute atomic E-state index is 11.0. The van der Waals surface area contributed by atoms with Crippen molar-refractivity contribution >= 4 is 0 Å². The molecule has 4 aliphatic carbocycles. The predicted octanol–water partition coefficient (Wildman–Crippen LogP) is 2.89. The van der Waals surface area contributed by atoms with Gasteiger partial charge in [-0.3, -0.25) is 0 Å². The van der Waals surface area contributed by atoms with E-state index in [0.717, 1.165) is 37.7 Å². The van der Waals surface area contributed by atoms with Crippen LogP contribution in [0.4, 0.5) is 0 Å². The average molecular weight is 320 g/mol. The summed E-state index contributed by atoms with van der Waals surface area (Å²) in [6.07, 6.45) is 4.43. The first-order valence-electron chi connectivity index (χ1n) is 9.37. The minimum absolute atomic E-state index is 0.00301. The van der Waals surface area contributed by atoms with Gasteiger partial charge >= 0.3 is 0 Å². The van der Waals surface area contributed by atoms with Crippen LogP contribution in [-0.4, -0.2) is 33.6 Å². The summed E-state index contributed by atoms with van der Waals surface area (Å²) < 4.78 is 0. The Morgan fingerprint density at radius 2 is 1.65 bits per heavy atom. The van der Waals surface area contributed by atoms with Gasteiger partial charge in [0.1, 0.15) is 0 Å². The quantitative estimate of drug-likeness (QED) is 0.602. The molecule has 0 aromatic carbocycles. The molecule has 23 heavy (non-hydrogen) atoms. The number of hydrogen-bond donors (Lipinski definition) is 3. The Balaban J connectivity index is 1.79. The van der Waals surface area contributed by atoms with Crippen LogP contribution in [-0.2, 0) is 0 Å². The molecule has 0 heterocycles. The molecule has 0 aliphatic heterocycles. The van der Waals surface area contributed by atoms with Gasteiger partial charge in [0.2, 0.25) is 0 Å². The highest BCUT2D eigenvalue weighted by Gasteiger charge is 2.68. The molecule has 2 bridgehead atoms. The molecule has 8 unspecified atom stereocenters. The lowest BCUT2D eigenvalue weighted by atomic mass is 9.40. The van der Waals surface area contributed by atoms with E-state index in [4.69, 9.17) is 0 Å². The van der Waals surface area contributed by atoms with Crippen molar-refractivity contribution < 1.29 is 15.3 Å². The van der Waals surface area contributed by atoms with Gasteiger partial charge in [-0.1, -0.05) is 27.4 Å². The molecule has 3 nitrogen and oxygen atoms in total. The van der Waals surface area contributed by atoms with Gasteiger partial charge in [-0.15, -0.1) is 0 Å². The van der Waals surface area contributed by atoms with Crippen molar-refractivity contribution in [2.75, 3.05) is 0 Å². The van der Waals surface area contributed by atoms with Crippen LogP contribution in [0.2, 0.25) is 0 Å². The van der Waals surface area contributed by atoms with E-state index in [1.165, 1.54) is 0 Å². The van der Waals surface area contributed by atoms with Crippen LogP contribution in [0.25, 0.3) is 0 Å². The topological polar surface area (TPSA) is 60.7 Å². The third-order valence-electron chi connectivity index (χ3n) is 8.71. The summed E-state index contributed by atoms with van der Waals surface area (Å²) in [7, 11) is 0. The summed E-state index contributed by atoms with van der Waals surface area (Å²) in [4.78, 5) is 0. The van der Waals surface area contributed by atoms with Crippen LogP contribution in [0.15, 0.2) is 12.2 Å². The lowest BCUT2D eigenvalue weighted by molar-refractivity contribution is -0.226. The van der Waals surface area contributed by atoms with Gasteiger partial charge in [-0.05, 0) is 72.7 Å². The van der Waals surface area contributed by atoms with Crippen LogP contribution >= 0.6 is 0 Å². The predicted molar refractivity (Wildman–Crippen MR) is 89.7 cm³/mol. The molecule has 4 aliphatic rings. The van der Waals surface area contributed by atoms with Gasteiger partial charge in [0.05, 0.1) is 18.3 Å². The van der Waals surface area contributed by atoms with Gasteiger partial charge in [0.25, 0.3) is 0 Å². The largest absolute Gasteiger partial charge is 0.390 e. The molecular formula is C20H32O3. The Bertz CT molecular complexity index is 541. The first-order valence-corrected chi connectivity index (χ1v) is 9.37. The van der Waals surface area contributed by atoms with Gasteiger partial charge < -0.3 is 15.3 Å². The summed E-state index contributed by atoms with van der Waals surface area (Å²) in [6.45, 7) is 10.8. The summed E-state index contributed by atoms with van der Waals surface area (Å²) >= 11 is 0. The van der Waals surface area contributed by atoms with Crippen molar-refractivity contribution in [2.24, 2.45) is 34.0 Å². The SMILES string of the molecule is C=C1C2CCC3C4(C)CC(O)C(O)C(C)(C)C4CCC3(C2)C1O. The standard InChI is InChI=1S/C20H32O3/c1-11-12-5-6-15-19(4)10-13(21)17(23)18(2,3)14(19)7-8-20(15,9-12)16(11)22/h12-17,21-23H,1,5-10H2,2-4H3. The van der Waals surface area contributed by atoms with Gasteiger partial charge in [0, 0.05) is 5.41 Å². The van der Waals surface area contributed by atoms with Crippen LogP contribution < -0.4 is 0 Å².